The summed E-state index contributed by atoms with van der Waals surface area (Å²) >= 11 is 5.16. The van der Waals surface area contributed by atoms with Crippen LogP contribution >= 0.6 is 12.2 Å². The maximum atomic E-state index is 12.5. The van der Waals surface area contributed by atoms with Crippen LogP contribution in [0.15, 0.2) is 24.3 Å². The molecule has 2 N–H and O–H groups in total. The number of hydrogen-bond donors (Lipinski definition) is 2. The Labute approximate surface area is 131 Å². The summed E-state index contributed by atoms with van der Waals surface area (Å²) in [6.07, 6.45) is 2.18. The fraction of sp³-hybridized carbons (Fsp3) is 0.500. The van der Waals surface area contributed by atoms with E-state index in [4.69, 9.17) is 12.2 Å². The van der Waals surface area contributed by atoms with Crippen molar-refractivity contribution in [3.8, 4) is 0 Å². The molecule has 1 aliphatic heterocycles. The van der Waals surface area contributed by atoms with Crippen LogP contribution in [0.4, 0.5) is 5.69 Å². The lowest BCUT2D eigenvalue weighted by Crippen LogP contribution is -2.37. The Kier molecular flexibility index (Phi) is 5.56. The molecule has 0 saturated carbocycles. The van der Waals surface area contributed by atoms with Gasteiger partial charge < -0.3 is 15.5 Å². The molecule has 1 aromatic carbocycles. The SMILES string of the molecule is CCNC(=S)Nc1cccc(C(=O)N2CCC(C)CC2)c1. The van der Waals surface area contributed by atoms with Crippen LogP contribution in [0.3, 0.4) is 0 Å². The van der Waals surface area contributed by atoms with E-state index in [1.54, 1.807) is 0 Å². The number of benzene rings is 1. The summed E-state index contributed by atoms with van der Waals surface area (Å²) in [5.41, 5.74) is 1.56. The Morgan fingerprint density at radius 1 is 1.38 bits per heavy atom. The Morgan fingerprint density at radius 3 is 2.76 bits per heavy atom. The maximum Gasteiger partial charge on any atom is 0.253 e. The number of rotatable bonds is 3. The fourth-order valence-corrected chi connectivity index (χ4v) is 2.72. The fourth-order valence-electron chi connectivity index (χ4n) is 2.46. The first-order chi connectivity index (χ1) is 10.1. The van der Waals surface area contributed by atoms with Crippen LogP contribution in [0.1, 0.15) is 37.0 Å². The number of hydrogen-bond acceptors (Lipinski definition) is 2. The highest BCUT2D eigenvalue weighted by Gasteiger charge is 2.21. The van der Waals surface area contributed by atoms with Crippen LogP contribution in [0.25, 0.3) is 0 Å². The number of likely N-dealkylation sites (tertiary alicyclic amines) is 1. The average molecular weight is 305 g/mol. The minimum absolute atomic E-state index is 0.111. The summed E-state index contributed by atoms with van der Waals surface area (Å²) in [5.74, 6) is 0.833. The van der Waals surface area contributed by atoms with Crippen molar-refractivity contribution in [1.29, 1.82) is 0 Å². The van der Waals surface area contributed by atoms with E-state index in [0.717, 1.165) is 44.1 Å². The lowest BCUT2D eigenvalue weighted by Gasteiger charge is -2.30. The summed E-state index contributed by atoms with van der Waals surface area (Å²) in [6, 6.07) is 7.53. The lowest BCUT2D eigenvalue weighted by molar-refractivity contribution is 0.0697. The molecule has 0 radical (unpaired) electrons. The molecule has 0 aliphatic carbocycles. The minimum atomic E-state index is 0.111. The van der Waals surface area contributed by atoms with Crippen molar-refractivity contribution < 1.29 is 4.79 Å². The standard InChI is InChI=1S/C16H23N3OS/c1-3-17-16(21)18-14-6-4-5-13(11-14)15(20)19-9-7-12(2)8-10-19/h4-6,11-12H,3,7-10H2,1-2H3,(H2,17,18,21). The number of carbonyl (C=O) groups is 1. The maximum absolute atomic E-state index is 12.5. The van der Waals surface area contributed by atoms with Gasteiger partial charge in [0.1, 0.15) is 0 Å². The largest absolute Gasteiger partial charge is 0.363 e. The van der Waals surface area contributed by atoms with E-state index in [0.29, 0.717) is 10.7 Å². The molecule has 1 aliphatic rings. The third kappa shape index (κ3) is 4.43. The first-order valence-corrected chi connectivity index (χ1v) is 7.95. The number of thiocarbonyl (C=S) groups is 1. The Morgan fingerprint density at radius 2 is 2.10 bits per heavy atom. The van der Waals surface area contributed by atoms with Gasteiger partial charge in [-0.25, -0.2) is 0 Å². The van der Waals surface area contributed by atoms with Gasteiger partial charge in [-0.05, 0) is 56.1 Å². The molecule has 1 heterocycles. The van der Waals surface area contributed by atoms with Gasteiger partial charge in [-0.2, -0.15) is 0 Å². The average Bonchev–Trinajstić information content (AvgIpc) is 2.48. The van der Waals surface area contributed by atoms with Crippen molar-refractivity contribution in [2.45, 2.75) is 26.7 Å². The summed E-state index contributed by atoms with van der Waals surface area (Å²) in [7, 11) is 0. The molecule has 1 amide bonds. The number of carbonyl (C=O) groups excluding carboxylic acids is 1. The predicted octanol–water partition coefficient (Wildman–Crippen LogP) is 2.87. The predicted molar refractivity (Wildman–Crippen MR) is 90.6 cm³/mol. The minimum Gasteiger partial charge on any atom is -0.363 e. The lowest BCUT2D eigenvalue weighted by atomic mass is 9.98. The van der Waals surface area contributed by atoms with E-state index in [9.17, 15) is 4.79 Å². The zero-order valence-corrected chi connectivity index (χ0v) is 13.5. The second-order valence-corrected chi connectivity index (χ2v) is 5.95. The molecular weight excluding hydrogens is 282 g/mol. The van der Waals surface area contributed by atoms with Gasteiger partial charge in [-0.1, -0.05) is 13.0 Å². The van der Waals surface area contributed by atoms with E-state index in [2.05, 4.69) is 17.6 Å². The van der Waals surface area contributed by atoms with Crippen molar-refractivity contribution >= 4 is 28.9 Å². The summed E-state index contributed by atoms with van der Waals surface area (Å²) in [4.78, 5) is 14.5. The topological polar surface area (TPSA) is 44.4 Å². The van der Waals surface area contributed by atoms with Gasteiger partial charge in [0, 0.05) is 30.9 Å². The normalized spacial score (nSPS) is 15.6. The summed E-state index contributed by atoms with van der Waals surface area (Å²) < 4.78 is 0. The molecule has 0 bridgehead atoms. The van der Waals surface area contributed by atoms with Gasteiger partial charge in [0.15, 0.2) is 5.11 Å². The van der Waals surface area contributed by atoms with Crippen LogP contribution in [0, 0.1) is 5.92 Å². The molecule has 2 rings (SSSR count). The molecule has 0 aromatic heterocycles. The van der Waals surface area contributed by atoms with Crippen molar-refractivity contribution in [3.63, 3.8) is 0 Å². The molecule has 0 spiro atoms. The summed E-state index contributed by atoms with van der Waals surface area (Å²) in [6.45, 7) is 6.72. The Bertz CT molecular complexity index is 510. The third-order valence-electron chi connectivity index (χ3n) is 3.78. The molecule has 4 nitrogen and oxygen atoms in total. The van der Waals surface area contributed by atoms with E-state index in [-0.39, 0.29) is 5.91 Å². The first-order valence-electron chi connectivity index (χ1n) is 7.54. The zero-order valence-electron chi connectivity index (χ0n) is 12.7. The quantitative estimate of drug-likeness (QED) is 0.843. The number of piperidine rings is 1. The number of amides is 1. The van der Waals surface area contributed by atoms with Gasteiger partial charge in [-0.3, -0.25) is 4.79 Å². The van der Waals surface area contributed by atoms with Gasteiger partial charge in [0.05, 0.1) is 0 Å². The number of anilines is 1. The van der Waals surface area contributed by atoms with Crippen molar-refractivity contribution in [3.05, 3.63) is 29.8 Å². The Balaban J connectivity index is 2.02. The highest BCUT2D eigenvalue weighted by Crippen LogP contribution is 2.19. The highest BCUT2D eigenvalue weighted by molar-refractivity contribution is 7.80. The monoisotopic (exact) mass is 305 g/mol. The molecule has 114 valence electrons. The van der Waals surface area contributed by atoms with Gasteiger partial charge in [-0.15, -0.1) is 0 Å². The molecule has 5 heteroatoms. The molecule has 0 unspecified atom stereocenters. The molecule has 1 saturated heterocycles. The highest BCUT2D eigenvalue weighted by atomic mass is 32.1. The van der Waals surface area contributed by atoms with E-state index in [1.165, 1.54) is 0 Å². The number of nitrogens with one attached hydrogen (secondary N) is 2. The van der Waals surface area contributed by atoms with Crippen LogP contribution in [0.5, 0.6) is 0 Å². The smallest absolute Gasteiger partial charge is 0.253 e. The van der Waals surface area contributed by atoms with Crippen LogP contribution < -0.4 is 10.6 Å². The number of nitrogens with zero attached hydrogens (tertiary/aromatic N) is 1. The molecular formula is C16H23N3OS. The molecule has 1 fully saturated rings. The van der Waals surface area contributed by atoms with Crippen molar-refractivity contribution in [2.75, 3.05) is 25.0 Å². The third-order valence-corrected chi connectivity index (χ3v) is 4.02. The van der Waals surface area contributed by atoms with Gasteiger partial charge in [0.25, 0.3) is 5.91 Å². The van der Waals surface area contributed by atoms with Gasteiger partial charge in [0.2, 0.25) is 0 Å². The second kappa shape index (κ2) is 7.41. The zero-order chi connectivity index (χ0) is 15.2. The second-order valence-electron chi connectivity index (χ2n) is 5.54. The molecule has 1 aromatic rings. The van der Waals surface area contributed by atoms with E-state index in [1.807, 2.05) is 36.1 Å². The van der Waals surface area contributed by atoms with Crippen LogP contribution in [0.2, 0.25) is 0 Å². The van der Waals surface area contributed by atoms with Crippen LogP contribution in [-0.2, 0) is 0 Å². The molecule has 21 heavy (non-hydrogen) atoms. The van der Waals surface area contributed by atoms with Crippen LogP contribution in [-0.4, -0.2) is 35.6 Å². The van der Waals surface area contributed by atoms with E-state index < -0.39 is 0 Å². The van der Waals surface area contributed by atoms with E-state index >= 15 is 0 Å². The summed E-state index contributed by atoms with van der Waals surface area (Å²) in [5, 5.41) is 6.71. The first kappa shape index (κ1) is 15.8. The Hall–Kier alpha value is -1.62. The van der Waals surface area contributed by atoms with Crippen molar-refractivity contribution in [2.24, 2.45) is 5.92 Å². The molecule has 0 atom stereocenters. The van der Waals surface area contributed by atoms with Crippen molar-refractivity contribution in [1.82, 2.24) is 10.2 Å². The van der Waals surface area contributed by atoms with Gasteiger partial charge >= 0.3 is 0 Å².